The number of pyridine rings is 1. The number of rotatable bonds is 5. The maximum atomic E-state index is 6.05. The Kier molecular flexibility index (Phi) is 4.66. The zero-order valence-electron chi connectivity index (χ0n) is 15.0. The van der Waals surface area contributed by atoms with Crippen molar-refractivity contribution in [1.29, 1.82) is 0 Å². The molecule has 0 aliphatic carbocycles. The summed E-state index contributed by atoms with van der Waals surface area (Å²) in [5.74, 6) is 1.20. The topological polar surface area (TPSA) is 82.7 Å². The van der Waals surface area contributed by atoms with E-state index in [1.165, 1.54) is 0 Å². The summed E-state index contributed by atoms with van der Waals surface area (Å²) in [6, 6.07) is 2.06. The summed E-state index contributed by atoms with van der Waals surface area (Å²) in [7, 11) is 3.86. The fourth-order valence-corrected chi connectivity index (χ4v) is 3.46. The van der Waals surface area contributed by atoms with E-state index < -0.39 is 0 Å². The molecule has 1 aliphatic rings. The number of ether oxygens (including phenoxy) is 1. The molecule has 0 saturated carbocycles. The lowest BCUT2D eigenvalue weighted by atomic mass is 9.91. The minimum Gasteiger partial charge on any atom is -0.383 e. The number of aromatic nitrogens is 6. The van der Waals surface area contributed by atoms with Gasteiger partial charge in [-0.2, -0.15) is 5.10 Å². The summed E-state index contributed by atoms with van der Waals surface area (Å²) in [5, 5.41) is 15.9. The van der Waals surface area contributed by atoms with E-state index in [4.69, 9.17) is 4.74 Å². The molecule has 4 rings (SSSR count). The third-order valence-electron chi connectivity index (χ3n) is 4.77. The van der Waals surface area contributed by atoms with Gasteiger partial charge in [0.05, 0.1) is 18.0 Å². The molecule has 1 N–H and O–H groups in total. The van der Waals surface area contributed by atoms with Gasteiger partial charge in [0.1, 0.15) is 6.33 Å². The van der Waals surface area contributed by atoms with Crippen LogP contribution in [0.25, 0.3) is 11.4 Å². The van der Waals surface area contributed by atoms with Crippen molar-refractivity contribution in [2.75, 3.05) is 18.5 Å². The fraction of sp³-hybridized carbons (Fsp3) is 0.444. The number of nitrogens with zero attached hydrogens (tertiary/aromatic N) is 6. The van der Waals surface area contributed by atoms with Crippen LogP contribution in [0.1, 0.15) is 24.5 Å². The Morgan fingerprint density at radius 3 is 2.96 bits per heavy atom. The van der Waals surface area contributed by atoms with Crippen LogP contribution in [0.15, 0.2) is 37.2 Å². The molecule has 8 nitrogen and oxygen atoms in total. The zero-order valence-corrected chi connectivity index (χ0v) is 15.0. The maximum absolute atomic E-state index is 6.05. The molecule has 0 aromatic carbocycles. The number of anilines is 1. The Morgan fingerprint density at radius 1 is 1.27 bits per heavy atom. The number of nitrogens with one attached hydrogen (secondary N) is 1. The maximum Gasteiger partial charge on any atom is 0.165 e. The second-order valence-corrected chi connectivity index (χ2v) is 6.75. The SMILES string of the molecule is Cn1cc([C@@H]2OCCC[C@H]2CNc2cncc(-c3nncn3C)c2)cn1. The first-order valence-electron chi connectivity index (χ1n) is 8.84. The minimum absolute atomic E-state index is 0.0832. The molecular weight excluding hydrogens is 330 g/mol. The summed E-state index contributed by atoms with van der Waals surface area (Å²) in [5.41, 5.74) is 3.06. The monoisotopic (exact) mass is 353 g/mol. The Balaban J connectivity index is 1.47. The molecular formula is C18H23N7O. The smallest absolute Gasteiger partial charge is 0.165 e. The first kappa shape index (κ1) is 16.7. The molecule has 8 heteroatoms. The van der Waals surface area contributed by atoms with Gasteiger partial charge in [0.15, 0.2) is 5.82 Å². The van der Waals surface area contributed by atoms with Crippen LogP contribution in [0.4, 0.5) is 5.69 Å². The molecule has 0 bridgehead atoms. The van der Waals surface area contributed by atoms with Crippen LogP contribution < -0.4 is 5.32 Å². The van der Waals surface area contributed by atoms with Gasteiger partial charge < -0.3 is 14.6 Å². The minimum atomic E-state index is 0.0832. The molecule has 136 valence electrons. The summed E-state index contributed by atoms with van der Waals surface area (Å²) >= 11 is 0. The molecule has 3 aromatic rings. The van der Waals surface area contributed by atoms with Crippen LogP contribution in [0.3, 0.4) is 0 Å². The van der Waals surface area contributed by atoms with Crippen molar-refractivity contribution >= 4 is 5.69 Å². The lowest BCUT2D eigenvalue weighted by Gasteiger charge is -2.31. The molecule has 1 saturated heterocycles. The Labute approximate surface area is 152 Å². The summed E-state index contributed by atoms with van der Waals surface area (Å²) < 4.78 is 9.75. The van der Waals surface area contributed by atoms with Gasteiger partial charge >= 0.3 is 0 Å². The van der Waals surface area contributed by atoms with Gasteiger partial charge in [-0.3, -0.25) is 9.67 Å². The number of aryl methyl sites for hydroxylation is 2. The summed E-state index contributed by atoms with van der Waals surface area (Å²) in [4.78, 5) is 4.34. The van der Waals surface area contributed by atoms with Crippen molar-refractivity contribution in [3.05, 3.63) is 42.7 Å². The molecule has 4 heterocycles. The van der Waals surface area contributed by atoms with Crippen molar-refractivity contribution < 1.29 is 4.74 Å². The van der Waals surface area contributed by atoms with Gasteiger partial charge in [-0.25, -0.2) is 0 Å². The number of hydrogen-bond donors (Lipinski definition) is 1. The van der Waals surface area contributed by atoms with E-state index in [-0.39, 0.29) is 6.10 Å². The van der Waals surface area contributed by atoms with Crippen LogP contribution in [0, 0.1) is 5.92 Å². The second kappa shape index (κ2) is 7.25. The Morgan fingerprint density at radius 2 is 2.19 bits per heavy atom. The molecule has 0 amide bonds. The Bertz CT molecular complexity index is 872. The van der Waals surface area contributed by atoms with E-state index in [1.807, 2.05) is 41.9 Å². The van der Waals surface area contributed by atoms with Crippen molar-refractivity contribution in [2.45, 2.75) is 18.9 Å². The molecule has 0 unspecified atom stereocenters. The highest BCUT2D eigenvalue weighted by molar-refractivity contribution is 5.60. The highest BCUT2D eigenvalue weighted by Crippen LogP contribution is 2.33. The molecule has 0 spiro atoms. The van der Waals surface area contributed by atoms with Gasteiger partial charge in [0.2, 0.25) is 0 Å². The molecule has 0 radical (unpaired) electrons. The van der Waals surface area contributed by atoms with E-state index in [0.717, 1.165) is 48.6 Å². The van der Waals surface area contributed by atoms with E-state index in [1.54, 1.807) is 12.5 Å². The van der Waals surface area contributed by atoms with Gasteiger partial charge in [-0.05, 0) is 18.9 Å². The molecule has 26 heavy (non-hydrogen) atoms. The number of hydrogen-bond acceptors (Lipinski definition) is 6. The van der Waals surface area contributed by atoms with E-state index in [2.05, 4.69) is 31.7 Å². The zero-order chi connectivity index (χ0) is 17.9. The normalized spacial score (nSPS) is 20.2. The van der Waals surface area contributed by atoms with Crippen molar-refractivity contribution in [3.8, 4) is 11.4 Å². The summed E-state index contributed by atoms with van der Waals surface area (Å²) in [6.07, 6.45) is 11.6. The van der Waals surface area contributed by atoms with Gasteiger partial charge in [0.25, 0.3) is 0 Å². The third-order valence-corrected chi connectivity index (χ3v) is 4.77. The van der Waals surface area contributed by atoms with Crippen LogP contribution >= 0.6 is 0 Å². The third kappa shape index (κ3) is 3.45. The molecule has 2 atom stereocenters. The quantitative estimate of drug-likeness (QED) is 0.757. The van der Waals surface area contributed by atoms with Crippen LogP contribution in [0.2, 0.25) is 0 Å². The van der Waals surface area contributed by atoms with Crippen LogP contribution in [0.5, 0.6) is 0 Å². The van der Waals surface area contributed by atoms with Gasteiger partial charge in [-0.1, -0.05) is 0 Å². The standard InChI is InChI=1S/C18H23N7O/c1-24-12-21-23-18(24)14-6-16(10-19-7-14)20-8-13-4-3-5-26-17(13)15-9-22-25(2)11-15/h6-7,9-13,17,20H,3-5,8H2,1-2H3/t13-,17+/m0/s1. The highest BCUT2D eigenvalue weighted by Gasteiger charge is 2.28. The van der Waals surface area contributed by atoms with Crippen LogP contribution in [-0.4, -0.2) is 42.7 Å². The lowest BCUT2D eigenvalue weighted by Crippen LogP contribution is -2.28. The fourth-order valence-electron chi connectivity index (χ4n) is 3.46. The van der Waals surface area contributed by atoms with Crippen molar-refractivity contribution in [3.63, 3.8) is 0 Å². The van der Waals surface area contributed by atoms with E-state index in [9.17, 15) is 0 Å². The average Bonchev–Trinajstić information content (AvgIpc) is 3.29. The predicted molar refractivity (Wildman–Crippen MR) is 97.3 cm³/mol. The average molecular weight is 353 g/mol. The molecule has 1 aliphatic heterocycles. The summed E-state index contributed by atoms with van der Waals surface area (Å²) in [6.45, 7) is 1.63. The van der Waals surface area contributed by atoms with Crippen molar-refractivity contribution in [1.82, 2.24) is 29.5 Å². The van der Waals surface area contributed by atoms with Gasteiger partial charge in [-0.15, -0.1) is 10.2 Å². The van der Waals surface area contributed by atoms with E-state index >= 15 is 0 Å². The van der Waals surface area contributed by atoms with Gasteiger partial charge in [0, 0.05) is 62.9 Å². The highest BCUT2D eigenvalue weighted by atomic mass is 16.5. The Hall–Kier alpha value is -2.74. The first-order chi connectivity index (χ1) is 12.7. The molecule has 3 aromatic heterocycles. The van der Waals surface area contributed by atoms with Crippen LogP contribution in [-0.2, 0) is 18.8 Å². The second-order valence-electron chi connectivity index (χ2n) is 6.75. The lowest BCUT2D eigenvalue weighted by molar-refractivity contribution is -0.0238. The van der Waals surface area contributed by atoms with E-state index in [0.29, 0.717) is 5.92 Å². The first-order valence-corrected chi connectivity index (χ1v) is 8.84. The van der Waals surface area contributed by atoms with Crippen molar-refractivity contribution in [2.24, 2.45) is 20.0 Å². The molecule has 1 fully saturated rings. The largest absolute Gasteiger partial charge is 0.383 e. The predicted octanol–water partition coefficient (Wildman–Crippen LogP) is 2.19.